The van der Waals surface area contributed by atoms with Gasteiger partial charge in [0.2, 0.25) is 0 Å². The van der Waals surface area contributed by atoms with Gasteiger partial charge in [-0.2, -0.15) is 0 Å². The molecule has 0 spiro atoms. The van der Waals surface area contributed by atoms with Crippen molar-refractivity contribution in [3.63, 3.8) is 0 Å². The lowest BCUT2D eigenvalue weighted by Crippen LogP contribution is -2.51. The van der Waals surface area contributed by atoms with Gasteiger partial charge < -0.3 is 20.0 Å². The van der Waals surface area contributed by atoms with E-state index in [1.807, 2.05) is 48.2 Å². The molecule has 0 radical (unpaired) electrons. The van der Waals surface area contributed by atoms with Gasteiger partial charge in [0.1, 0.15) is 11.6 Å². The molecule has 0 aliphatic carbocycles. The number of benzene rings is 2. The number of halogens is 1. The first kappa shape index (κ1) is 23.5. The van der Waals surface area contributed by atoms with E-state index in [9.17, 15) is 14.0 Å². The van der Waals surface area contributed by atoms with Crippen LogP contribution < -0.4 is 15.5 Å². The molecule has 7 nitrogen and oxygen atoms in total. The summed E-state index contributed by atoms with van der Waals surface area (Å²) < 4.78 is 19.8. The lowest BCUT2D eigenvalue weighted by atomic mass is 10.1. The predicted molar refractivity (Wildman–Crippen MR) is 128 cm³/mol. The fraction of sp³-hybridized carbons (Fsp3) is 0.308. The third-order valence-corrected chi connectivity index (χ3v) is 6.06. The largest absolute Gasteiger partial charge is 0.468 e. The highest BCUT2D eigenvalue weighted by atomic mass is 19.1. The summed E-state index contributed by atoms with van der Waals surface area (Å²) >= 11 is 0. The Morgan fingerprint density at radius 1 is 0.941 bits per heavy atom. The van der Waals surface area contributed by atoms with E-state index in [0.29, 0.717) is 37.6 Å². The third kappa shape index (κ3) is 5.82. The average molecular weight is 465 g/mol. The van der Waals surface area contributed by atoms with Crippen LogP contribution in [0.1, 0.15) is 22.9 Å². The zero-order chi connectivity index (χ0) is 23.9. The molecule has 1 atom stereocenters. The van der Waals surface area contributed by atoms with Crippen molar-refractivity contribution < 1.29 is 18.4 Å². The van der Waals surface area contributed by atoms with Crippen LogP contribution in [-0.2, 0) is 16.1 Å². The Labute approximate surface area is 198 Å². The topological polar surface area (TPSA) is 77.8 Å². The Morgan fingerprint density at radius 3 is 2.32 bits per heavy atom. The second-order valence-electron chi connectivity index (χ2n) is 8.38. The molecule has 178 valence electrons. The van der Waals surface area contributed by atoms with E-state index in [0.717, 1.165) is 11.1 Å². The van der Waals surface area contributed by atoms with Gasteiger partial charge in [0.15, 0.2) is 0 Å². The molecule has 2 N–H and O–H groups in total. The van der Waals surface area contributed by atoms with Crippen molar-refractivity contribution in [1.29, 1.82) is 0 Å². The molecule has 0 saturated carbocycles. The molecular formula is C26H29FN4O3. The first-order valence-electron chi connectivity index (χ1n) is 11.4. The van der Waals surface area contributed by atoms with Crippen molar-refractivity contribution >= 4 is 17.5 Å². The summed E-state index contributed by atoms with van der Waals surface area (Å²) in [4.78, 5) is 28.9. The number of aryl methyl sites for hydroxylation is 1. The van der Waals surface area contributed by atoms with Crippen molar-refractivity contribution in [3.8, 4) is 0 Å². The molecule has 8 heteroatoms. The van der Waals surface area contributed by atoms with E-state index in [1.165, 1.54) is 6.07 Å². The van der Waals surface area contributed by atoms with E-state index in [1.54, 1.807) is 24.5 Å². The minimum atomic E-state index is -0.686. The molecule has 34 heavy (non-hydrogen) atoms. The summed E-state index contributed by atoms with van der Waals surface area (Å²) in [6.45, 7) is 5.11. The average Bonchev–Trinajstić information content (AvgIpc) is 3.39. The number of furan rings is 1. The monoisotopic (exact) mass is 464 g/mol. The zero-order valence-corrected chi connectivity index (χ0v) is 19.2. The van der Waals surface area contributed by atoms with Gasteiger partial charge in [-0.25, -0.2) is 4.39 Å². The van der Waals surface area contributed by atoms with Crippen LogP contribution in [0.2, 0.25) is 0 Å². The number of para-hydroxylation sites is 1. The van der Waals surface area contributed by atoms with Crippen molar-refractivity contribution in [3.05, 3.63) is 89.6 Å². The summed E-state index contributed by atoms with van der Waals surface area (Å²) in [5.74, 6) is -0.890. The molecule has 1 aliphatic heterocycles. The van der Waals surface area contributed by atoms with Crippen molar-refractivity contribution in [2.45, 2.75) is 19.5 Å². The van der Waals surface area contributed by atoms with Crippen LogP contribution in [0.5, 0.6) is 0 Å². The van der Waals surface area contributed by atoms with Crippen LogP contribution in [0.25, 0.3) is 0 Å². The fourth-order valence-corrected chi connectivity index (χ4v) is 4.11. The number of rotatable bonds is 7. The minimum absolute atomic E-state index is 0.226. The van der Waals surface area contributed by atoms with E-state index < -0.39 is 11.8 Å². The van der Waals surface area contributed by atoms with Crippen LogP contribution in [0, 0.1) is 12.7 Å². The molecule has 1 aliphatic rings. The lowest BCUT2D eigenvalue weighted by molar-refractivity contribution is -0.139. The SMILES string of the molecule is Cc1ccc(CNC(=O)C(=O)NCC(c2ccco2)N2CCN(c3ccccc3F)CC2)cc1. The molecule has 1 saturated heterocycles. The quantitative estimate of drug-likeness (QED) is 0.526. The highest BCUT2D eigenvalue weighted by molar-refractivity contribution is 6.35. The van der Waals surface area contributed by atoms with E-state index in [4.69, 9.17) is 4.42 Å². The Kier molecular flexibility index (Phi) is 7.59. The Morgan fingerprint density at radius 2 is 1.65 bits per heavy atom. The maximum atomic E-state index is 14.2. The van der Waals surface area contributed by atoms with Gasteiger partial charge >= 0.3 is 11.8 Å². The zero-order valence-electron chi connectivity index (χ0n) is 19.2. The number of hydrogen-bond acceptors (Lipinski definition) is 5. The molecule has 4 rings (SSSR count). The summed E-state index contributed by atoms with van der Waals surface area (Å²) in [5.41, 5.74) is 2.65. The van der Waals surface area contributed by atoms with Gasteiger partial charge in [-0.15, -0.1) is 0 Å². The number of piperazine rings is 1. The number of anilines is 1. The van der Waals surface area contributed by atoms with Crippen molar-refractivity contribution in [2.24, 2.45) is 0 Å². The van der Waals surface area contributed by atoms with Crippen molar-refractivity contribution in [1.82, 2.24) is 15.5 Å². The van der Waals surface area contributed by atoms with Crippen molar-refractivity contribution in [2.75, 3.05) is 37.6 Å². The number of nitrogens with zero attached hydrogens (tertiary/aromatic N) is 2. The summed E-state index contributed by atoms with van der Waals surface area (Å²) in [6.07, 6.45) is 1.59. The highest BCUT2D eigenvalue weighted by Gasteiger charge is 2.28. The molecule has 1 aromatic heterocycles. The van der Waals surface area contributed by atoms with Gasteiger partial charge in [0, 0.05) is 39.3 Å². The van der Waals surface area contributed by atoms with Crippen LogP contribution in [0.15, 0.2) is 71.3 Å². The molecule has 2 aromatic carbocycles. The summed E-state index contributed by atoms with van der Waals surface area (Å²) in [5, 5.41) is 5.39. The lowest BCUT2D eigenvalue weighted by Gasteiger charge is -2.39. The Hall–Kier alpha value is -3.65. The Balaban J connectivity index is 1.32. The highest BCUT2D eigenvalue weighted by Crippen LogP contribution is 2.25. The molecule has 2 amide bonds. The molecule has 2 heterocycles. The summed E-state index contributed by atoms with van der Waals surface area (Å²) in [7, 11) is 0. The second-order valence-corrected chi connectivity index (χ2v) is 8.38. The first-order chi connectivity index (χ1) is 16.5. The van der Waals surface area contributed by atoms with Gasteiger partial charge in [0.05, 0.1) is 18.0 Å². The van der Waals surface area contributed by atoms with Crippen LogP contribution in [-0.4, -0.2) is 49.4 Å². The second kappa shape index (κ2) is 11.0. The van der Waals surface area contributed by atoms with Gasteiger partial charge in [-0.3, -0.25) is 14.5 Å². The number of nitrogens with one attached hydrogen (secondary N) is 2. The van der Waals surface area contributed by atoms with E-state index in [2.05, 4.69) is 15.5 Å². The molecule has 1 unspecified atom stereocenters. The number of carbonyl (C=O) groups excluding carboxylic acids is 2. The van der Waals surface area contributed by atoms with Crippen LogP contribution in [0.3, 0.4) is 0 Å². The predicted octanol–water partition coefficient (Wildman–Crippen LogP) is 3.02. The molecular weight excluding hydrogens is 435 g/mol. The van der Waals surface area contributed by atoms with Gasteiger partial charge in [0.25, 0.3) is 0 Å². The molecule has 3 aromatic rings. The minimum Gasteiger partial charge on any atom is -0.468 e. The van der Waals surface area contributed by atoms with E-state index in [-0.39, 0.29) is 24.9 Å². The first-order valence-corrected chi connectivity index (χ1v) is 11.4. The van der Waals surface area contributed by atoms with Crippen LogP contribution in [0.4, 0.5) is 10.1 Å². The molecule has 0 bridgehead atoms. The summed E-state index contributed by atoms with van der Waals surface area (Å²) in [6, 6.07) is 17.9. The maximum absolute atomic E-state index is 14.2. The van der Waals surface area contributed by atoms with Gasteiger partial charge in [-0.1, -0.05) is 42.0 Å². The smallest absolute Gasteiger partial charge is 0.309 e. The number of hydrogen-bond donors (Lipinski definition) is 2. The van der Waals surface area contributed by atoms with Gasteiger partial charge in [-0.05, 0) is 36.8 Å². The Bertz CT molecular complexity index is 1090. The van der Waals surface area contributed by atoms with Crippen LogP contribution >= 0.6 is 0 Å². The molecule has 1 fully saturated rings. The maximum Gasteiger partial charge on any atom is 0.309 e. The van der Waals surface area contributed by atoms with E-state index >= 15 is 0 Å². The third-order valence-electron chi connectivity index (χ3n) is 6.06. The normalized spacial score (nSPS) is 15.1. The standard InChI is InChI=1S/C26H29FN4O3/c1-19-8-10-20(11-9-19)17-28-25(32)26(33)29-18-23(24-7-4-16-34-24)31-14-12-30(13-15-31)22-6-3-2-5-21(22)27/h2-11,16,23H,12-15,17-18H2,1H3,(H,28,32)(H,29,33). The number of amides is 2. The fourth-order valence-electron chi connectivity index (χ4n) is 4.11. The number of carbonyl (C=O) groups is 2.